The van der Waals surface area contributed by atoms with E-state index in [2.05, 4.69) is 12.1 Å². The highest BCUT2D eigenvalue weighted by atomic mass is 16.4. The standard InChI is InChI=1S/C16H21NO3/c1-11(12(2)16(19)20)15(18)17-9-7-13-5-3-4-6-14(13)8-10-17/h3-6,11-12H,7-10H2,1-2H3,(H,19,20). The zero-order valence-electron chi connectivity index (χ0n) is 12.0. The Hall–Kier alpha value is -1.84. The van der Waals surface area contributed by atoms with E-state index in [0.717, 1.165) is 12.8 Å². The number of rotatable bonds is 3. The topological polar surface area (TPSA) is 57.6 Å². The first kappa shape index (κ1) is 14.6. The van der Waals surface area contributed by atoms with Gasteiger partial charge in [-0.2, -0.15) is 0 Å². The number of hydrogen-bond donors (Lipinski definition) is 1. The minimum Gasteiger partial charge on any atom is -0.481 e. The molecule has 0 aromatic heterocycles. The van der Waals surface area contributed by atoms with E-state index in [4.69, 9.17) is 5.11 Å². The molecule has 1 aromatic carbocycles. The maximum absolute atomic E-state index is 12.4. The summed E-state index contributed by atoms with van der Waals surface area (Å²) in [7, 11) is 0. The lowest BCUT2D eigenvalue weighted by Gasteiger charge is -2.25. The molecule has 1 aliphatic rings. The molecular weight excluding hydrogens is 254 g/mol. The van der Waals surface area contributed by atoms with Crippen LogP contribution in [-0.4, -0.2) is 35.0 Å². The first-order valence-corrected chi connectivity index (χ1v) is 7.09. The molecule has 0 saturated heterocycles. The lowest BCUT2D eigenvalue weighted by molar-refractivity contribution is -0.149. The van der Waals surface area contributed by atoms with Gasteiger partial charge in [0.1, 0.15) is 0 Å². The van der Waals surface area contributed by atoms with Gasteiger partial charge in [0.05, 0.1) is 5.92 Å². The molecule has 20 heavy (non-hydrogen) atoms. The third-order valence-electron chi connectivity index (χ3n) is 4.26. The molecule has 108 valence electrons. The van der Waals surface area contributed by atoms with Gasteiger partial charge in [0.2, 0.25) is 5.91 Å². The Labute approximate surface area is 119 Å². The second-order valence-electron chi connectivity index (χ2n) is 5.51. The molecule has 1 N–H and O–H groups in total. The molecule has 0 radical (unpaired) electrons. The summed E-state index contributed by atoms with van der Waals surface area (Å²) >= 11 is 0. The average molecular weight is 275 g/mol. The Morgan fingerprint density at radius 3 is 2.00 bits per heavy atom. The van der Waals surface area contributed by atoms with Gasteiger partial charge in [0, 0.05) is 19.0 Å². The summed E-state index contributed by atoms with van der Waals surface area (Å²) in [5, 5.41) is 9.03. The van der Waals surface area contributed by atoms with Gasteiger partial charge in [-0.25, -0.2) is 0 Å². The number of carbonyl (C=O) groups is 2. The molecule has 2 atom stereocenters. The molecule has 0 fully saturated rings. The van der Waals surface area contributed by atoms with E-state index in [1.54, 1.807) is 13.8 Å². The van der Waals surface area contributed by atoms with E-state index < -0.39 is 17.8 Å². The lowest BCUT2D eigenvalue weighted by atomic mass is 9.94. The summed E-state index contributed by atoms with van der Waals surface area (Å²) in [5.41, 5.74) is 2.59. The number of carboxylic acid groups (broad SMARTS) is 1. The van der Waals surface area contributed by atoms with Crippen LogP contribution in [0.4, 0.5) is 0 Å². The number of amides is 1. The lowest BCUT2D eigenvalue weighted by Crippen LogP contribution is -2.40. The number of fused-ring (bicyclic) bond motifs is 1. The SMILES string of the molecule is CC(C(=O)O)C(C)C(=O)N1CCc2ccccc2CC1. The molecule has 1 amide bonds. The molecule has 2 unspecified atom stereocenters. The van der Waals surface area contributed by atoms with Crippen LogP contribution < -0.4 is 0 Å². The molecule has 1 heterocycles. The Bertz CT molecular complexity index is 485. The highest BCUT2D eigenvalue weighted by Crippen LogP contribution is 2.19. The van der Waals surface area contributed by atoms with Crippen molar-refractivity contribution in [1.29, 1.82) is 0 Å². The van der Waals surface area contributed by atoms with Gasteiger partial charge in [0.15, 0.2) is 0 Å². The van der Waals surface area contributed by atoms with Crippen molar-refractivity contribution >= 4 is 11.9 Å². The van der Waals surface area contributed by atoms with Crippen LogP contribution in [0.3, 0.4) is 0 Å². The monoisotopic (exact) mass is 275 g/mol. The maximum atomic E-state index is 12.4. The number of carbonyl (C=O) groups excluding carboxylic acids is 1. The fourth-order valence-electron chi connectivity index (χ4n) is 2.60. The van der Waals surface area contributed by atoms with Crippen LogP contribution in [0.5, 0.6) is 0 Å². The minimum atomic E-state index is -0.913. The van der Waals surface area contributed by atoms with Crippen molar-refractivity contribution in [3.05, 3.63) is 35.4 Å². The second-order valence-corrected chi connectivity index (χ2v) is 5.51. The minimum absolute atomic E-state index is 0.0484. The Morgan fingerprint density at radius 2 is 1.55 bits per heavy atom. The van der Waals surface area contributed by atoms with E-state index in [9.17, 15) is 9.59 Å². The molecular formula is C16H21NO3. The van der Waals surface area contributed by atoms with Crippen LogP contribution in [0.2, 0.25) is 0 Å². The van der Waals surface area contributed by atoms with Crippen LogP contribution in [0.15, 0.2) is 24.3 Å². The van der Waals surface area contributed by atoms with Gasteiger partial charge in [-0.05, 0) is 24.0 Å². The fraction of sp³-hybridized carbons (Fsp3) is 0.500. The maximum Gasteiger partial charge on any atom is 0.307 e. The molecule has 0 aliphatic carbocycles. The summed E-state index contributed by atoms with van der Waals surface area (Å²) in [6.07, 6.45) is 1.69. The van der Waals surface area contributed by atoms with Crippen LogP contribution in [0.1, 0.15) is 25.0 Å². The van der Waals surface area contributed by atoms with Crippen LogP contribution >= 0.6 is 0 Å². The zero-order valence-corrected chi connectivity index (χ0v) is 12.0. The molecule has 1 aliphatic heterocycles. The number of aliphatic carboxylic acids is 1. The molecule has 2 rings (SSSR count). The van der Waals surface area contributed by atoms with Crippen LogP contribution in [0, 0.1) is 11.8 Å². The third kappa shape index (κ3) is 3.00. The fourth-order valence-corrected chi connectivity index (χ4v) is 2.60. The molecule has 1 aromatic rings. The van der Waals surface area contributed by atoms with Crippen molar-refractivity contribution in [2.75, 3.05) is 13.1 Å². The summed E-state index contributed by atoms with van der Waals surface area (Å²) in [6, 6.07) is 8.25. The van der Waals surface area contributed by atoms with Crippen molar-refractivity contribution in [1.82, 2.24) is 4.90 Å². The van der Waals surface area contributed by atoms with Crippen molar-refractivity contribution in [2.45, 2.75) is 26.7 Å². The molecule has 4 nitrogen and oxygen atoms in total. The predicted molar refractivity (Wildman–Crippen MR) is 76.4 cm³/mol. The quantitative estimate of drug-likeness (QED) is 0.917. The Morgan fingerprint density at radius 1 is 1.05 bits per heavy atom. The van der Waals surface area contributed by atoms with E-state index in [1.165, 1.54) is 11.1 Å². The Balaban J connectivity index is 2.05. The van der Waals surface area contributed by atoms with Gasteiger partial charge < -0.3 is 10.0 Å². The van der Waals surface area contributed by atoms with Crippen molar-refractivity contribution in [2.24, 2.45) is 11.8 Å². The van der Waals surface area contributed by atoms with Crippen LogP contribution in [0.25, 0.3) is 0 Å². The van der Waals surface area contributed by atoms with Gasteiger partial charge in [-0.3, -0.25) is 9.59 Å². The van der Waals surface area contributed by atoms with Crippen molar-refractivity contribution in [3.8, 4) is 0 Å². The van der Waals surface area contributed by atoms with Gasteiger partial charge in [0.25, 0.3) is 0 Å². The second kappa shape index (κ2) is 6.07. The van der Waals surface area contributed by atoms with Gasteiger partial charge in [-0.15, -0.1) is 0 Å². The number of carboxylic acids is 1. The average Bonchev–Trinajstić information content (AvgIpc) is 2.67. The molecule has 0 bridgehead atoms. The highest BCUT2D eigenvalue weighted by molar-refractivity contribution is 5.84. The van der Waals surface area contributed by atoms with Crippen molar-refractivity contribution in [3.63, 3.8) is 0 Å². The highest BCUT2D eigenvalue weighted by Gasteiger charge is 2.30. The van der Waals surface area contributed by atoms with E-state index in [0.29, 0.717) is 13.1 Å². The summed E-state index contributed by atoms with van der Waals surface area (Å²) in [4.78, 5) is 25.2. The zero-order chi connectivity index (χ0) is 14.7. The van der Waals surface area contributed by atoms with E-state index in [1.807, 2.05) is 17.0 Å². The Kier molecular flexibility index (Phi) is 4.42. The summed E-state index contributed by atoms with van der Waals surface area (Å²) in [5.74, 6) is -2.08. The molecule has 0 saturated carbocycles. The normalized spacial score (nSPS) is 17.8. The van der Waals surface area contributed by atoms with Crippen LogP contribution in [-0.2, 0) is 22.4 Å². The number of nitrogens with zero attached hydrogens (tertiary/aromatic N) is 1. The number of benzene rings is 1. The van der Waals surface area contributed by atoms with Crippen molar-refractivity contribution < 1.29 is 14.7 Å². The van der Waals surface area contributed by atoms with Gasteiger partial charge >= 0.3 is 5.97 Å². The number of hydrogen-bond acceptors (Lipinski definition) is 2. The predicted octanol–water partition coefficient (Wildman–Crippen LogP) is 1.97. The third-order valence-corrected chi connectivity index (χ3v) is 4.26. The molecule has 0 spiro atoms. The first-order valence-electron chi connectivity index (χ1n) is 7.09. The van der Waals surface area contributed by atoms with E-state index in [-0.39, 0.29) is 5.91 Å². The first-order chi connectivity index (χ1) is 9.50. The largest absolute Gasteiger partial charge is 0.481 e. The summed E-state index contributed by atoms with van der Waals surface area (Å²) < 4.78 is 0. The summed E-state index contributed by atoms with van der Waals surface area (Å²) in [6.45, 7) is 4.65. The van der Waals surface area contributed by atoms with E-state index >= 15 is 0 Å². The van der Waals surface area contributed by atoms with Gasteiger partial charge in [-0.1, -0.05) is 38.1 Å². The smallest absolute Gasteiger partial charge is 0.307 e. The molecule has 4 heteroatoms.